The van der Waals surface area contributed by atoms with Gasteiger partial charge >= 0.3 is 6.09 Å². The molecule has 0 bridgehead atoms. The van der Waals surface area contributed by atoms with Gasteiger partial charge in [0, 0.05) is 37.9 Å². The van der Waals surface area contributed by atoms with Crippen LogP contribution in [0.3, 0.4) is 0 Å². The highest BCUT2D eigenvalue weighted by Crippen LogP contribution is 2.14. The monoisotopic (exact) mass is 355 g/mol. The van der Waals surface area contributed by atoms with Crippen molar-refractivity contribution in [3.8, 4) is 17.6 Å². The molecule has 0 unspecified atom stereocenters. The number of carboxylic acid groups (broad SMARTS) is 1. The first-order chi connectivity index (χ1) is 12.6. The highest BCUT2D eigenvalue weighted by molar-refractivity contribution is 5.65. The number of rotatable bonds is 3. The molecule has 1 aromatic carbocycles. The number of hydrogen-bond acceptors (Lipinski definition) is 4. The van der Waals surface area contributed by atoms with Gasteiger partial charge in [0.1, 0.15) is 24.0 Å². The molecule has 1 N–H and O–H groups in total. The summed E-state index contributed by atoms with van der Waals surface area (Å²) in [6.07, 6.45) is 0.801. The molecule has 1 fully saturated rings. The van der Waals surface area contributed by atoms with E-state index in [4.69, 9.17) is 9.84 Å². The van der Waals surface area contributed by atoms with Crippen LogP contribution in [0.4, 0.5) is 15.0 Å². The number of anilines is 1. The first-order valence-corrected chi connectivity index (χ1v) is 8.18. The predicted molar refractivity (Wildman–Crippen MR) is 94.8 cm³/mol. The van der Waals surface area contributed by atoms with E-state index in [1.165, 1.54) is 17.0 Å². The summed E-state index contributed by atoms with van der Waals surface area (Å²) in [4.78, 5) is 18.8. The SMILES string of the molecule is O=C(O)N1CCN(c2ccc(C#CCOc3ccc(F)cc3)cn2)CC1. The van der Waals surface area contributed by atoms with Crippen molar-refractivity contribution >= 4 is 11.9 Å². The van der Waals surface area contributed by atoms with E-state index in [0.717, 1.165) is 11.4 Å². The molecule has 7 heteroatoms. The van der Waals surface area contributed by atoms with Crippen molar-refractivity contribution in [2.24, 2.45) is 0 Å². The van der Waals surface area contributed by atoms with Gasteiger partial charge in [-0.15, -0.1) is 0 Å². The van der Waals surface area contributed by atoms with E-state index in [9.17, 15) is 9.18 Å². The quantitative estimate of drug-likeness (QED) is 0.857. The number of benzene rings is 1. The van der Waals surface area contributed by atoms with E-state index in [-0.39, 0.29) is 12.4 Å². The second-order valence-electron chi connectivity index (χ2n) is 5.71. The van der Waals surface area contributed by atoms with Crippen LogP contribution in [0.5, 0.6) is 5.75 Å². The Kier molecular flexibility index (Phi) is 5.54. The van der Waals surface area contributed by atoms with Crippen molar-refractivity contribution < 1.29 is 19.0 Å². The Labute approximate surface area is 150 Å². The van der Waals surface area contributed by atoms with Gasteiger partial charge in [-0.05, 0) is 36.4 Å². The lowest BCUT2D eigenvalue weighted by molar-refractivity contribution is 0.142. The maximum Gasteiger partial charge on any atom is 0.407 e. The molecule has 1 aromatic heterocycles. The molecule has 0 atom stereocenters. The number of halogens is 1. The molecule has 3 rings (SSSR count). The minimum absolute atomic E-state index is 0.199. The molecule has 2 heterocycles. The fraction of sp³-hybridized carbons (Fsp3) is 0.263. The Morgan fingerprint density at radius 2 is 1.88 bits per heavy atom. The first-order valence-electron chi connectivity index (χ1n) is 8.18. The van der Waals surface area contributed by atoms with Crippen molar-refractivity contribution in [3.63, 3.8) is 0 Å². The van der Waals surface area contributed by atoms with E-state index >= 15 is 0 Å². The average molecular weight is 355 g/mol. The normalized spacial score (nSPS) is 13.7. The van der Waals surface area contributed by atoms with Crippen LogP contribution in [0.15, 0.2) is 42.6 Å². The summed E-state index contributed by atoms with van der Waals surface area (Å²) >= 11 is 0. The summed E-state index contributed by atoms with van der Waals surface area (Å²) in [6.45, 7) is 2.38. The highest BCUT2D eigenvalue weighted by Gasteiger charge is 2.20. The number of carbonyl (C=O) groups is 1. The first kappa shape index (κ1) is 17.5. The van der Waals surface area contributed by atoms with Crippen molar-refractivity contribution in [2.75, 3.05) is 37.7 Å². The summed E-state index contributed by atoms with van der Waals surface area (Å²) in [7, 11) is 0. The van der Waals surface area contributed by atoms with Crippen molar-refractivity contribution in [1.29, 1.82) is 0 Å². The molecule has 1 aliphatic heterocycles. The molecule has 1 aliphatic rings. The number of aromatic nitrogens is 1. The third-order valence-corrected chi connectivity index (χ3v) is 3.98. The van der Waals surface area contributed by atoms with Gasteiger partial charge in [0.05, 0.1) is 0 Å². The number of ether oxygens (including phenoxy) is 1. The number of hydrogen-bond donors (Lipinski definition) is 1. The van der Waals surface area contributed by atoms with Gasteiger partial charge in [-0.25, -0.2) is 14.2 Å². The lowest BCUT2D eigenvalue weighted by atomic mass is 10.2. The van der Waals surface area contributed by atoms with E-state index in [0.29, 0.717) is 31.9 Å². The van der Waals surface area contributed by atoms with E-state index < -0.39 is 6.09 Å². The Hall–Kier alpha value is -3.27. The average Bonchev–Trinajstić information content (AvgIpc) is 2.67. The summed E-state index contributed by atoms with van der Waals surface area (Å²) in [5.41, 5.74) is 0.764. The maximum atomic E-state index is 12.8. The Balaban J connectivity index is 1.50. The van der Waals surface area contributed by atoms with Crippen LogP contribution in [-0.4, -0.2) is 53.9 Å². The molecule has 2 aromatic rings. The van der Waals surface area contributed by atoms with E-state index in [1.54, 1.807) is 18.3 Å². The third-order valence-electron chi connectivity index (χ3n) is 3.98. The number of amides is 1. The topological polar surface area (TPSA) is 65.9 Å². The molecule has 1 saturated heterocycles. The number of pyridine rings is 1. The zero-order valence-electron chi connectivity index (χ0n) is 14.1. The van der Waals surface area contributed by atoms with Crippen LogP contribution >= 0.6 is 0 Å². The van der Waals surface area contributed by atoms with Crippen molar-refractivity contribution in [3.05, 3.63) is 54.0 Å². The second kappa shape index (κ2) is 8.21. The molecule has 0 spiro atoms. The zero-order valence-corrected chi connectivity index (χ0v) is 14.1. The van der Waals surface area contributed by atoms with Gasteiger partial charge in [0.25, 0.3) is 0 Å². The molecular formula is C19H18FN3O3. The lowest BCUT2D eigenvalue weighted by Gasteiger charge is -2.33. The van der Waals surface area contributed by atoms with Gasteiger partial charge in [-0.3, -0.25) is 0 Å². The van der Waals surface area contributed by atoms with Crippen molar-refractivity contribution in [2.45, 2.75) is 0 Å². The Bertz CT molecular complexity index is 805. The van der Waals surface area contributed by atoms with Crippen LogP contribution in [0.2, 0.25) is 0 Å². The minimum Gasteiger partial charge on any atom is -0.481 e. The standard InChI is InChI=1S/C19H18FN3O3/c20-16-4-6-17(7-5-16)26-13-1-2-15-3-8-18(21-14-15)22-9-11-23(12-10-22)19(24)25/h3-8,14H,9-13H2,(H,24,25). The second-order valence-corrected chi connectivity index (χ2v) is 5.71. The van der Waals surface area contributed by atoms with Gasteiger partial charge in [-0.1, -0.05) is 11.8 Å². The van der Waals surface area contributed by atoms with Crippen LogP contribution in [0.1, 0.15) is 5.56 Å². The molecule has 0 saturated carbocycles. The highest BCUT2D eigenvalue weighted by atomic mass is 19.1. The van der Waals surface area contributed by atoms with Gasteiger partial charge in [-0.2, -0.15) is 0 Å². The zero-order chi connectivity index (χ0) is 18.4. The number of piperazine rings is 1. The predicted octanol–water partition coefficient (Wildman–Crippen LogP) is 2.45. The summed E-state index contributed by atoms with van der Waals surface area (Å²) in [5.74, 6) is 6.92. The Morgan fingerprint density at radius 3 is 2.50 bits per heavy atom. The molecule has 26 heavy (non-hydrogen) atoms. The molecule has 6 nitrogen and oxygen atoms in total. The molecule has 1 amide bonds. The number of nitrogens with zero attached hydrogens (tertiary/aromatic N) is 3. The lowest BCUT2D eigenvalue weighted by Crippen LogP contribution is -2.48. The van der Waals surface area contributed by atoms with Gasteiger partial charge < -0.3 is 19.6 Å². The van der Waals surface area contributed by atoms with Crippen LogP contribution in [0, 0.1) is 17.7 Å². The molecule has 0 radical (unpaired) electrons. The van der Waals surface area contributed by atoms with Gasteiger partial charge in [0.2, 0.25) is 0 Å². The minimum atomic E-state index is -0.883. The van der Waals surface area contributed by atoms with E-state index in [1.807, 2.05) is 17.0 Å². The molecule has 0 aliphatic carbocycles. The third kappa shape index (κ3) is 4.63. The van der Waals surface area contributed by atoms with Gasteiger partial charge in [0.15, 0.2) is 0 Å². The van der Waals surface area contributed by atoms with E-state index in [2.05, 4.69) is 16.8 Å². The van der Waals surface area contributed by atoms with Crippen LogP contribution in [-0.2, 0) is 0 Å². The van der Waals surface area contributed by atoms with Crippen LogP contribution < -0.4 is 9.64 Å². The molecular weight excluding hydrogens is 337 g/mol. The summed E-state index contributed by atoms with van der Waals surface area (Å²) in [5, 5.41) is 8.97. The Morgan fingerprint density at radius 1 is 1.15 bits per heavy atom. The maximum absolute atomic E-state index is 12.8. The summed E-state index contributed by atoms with van der Waals surface area (Å²) < 4.78 is 18.2. The van der Waals surface area contributed by atoms with Crippen LogP contribution in [0.25, 0.3) is 0 Å². The fourth-order valence-corrected chi connectivity index (χ4v) is 2.56. The fourth-order valence-electron chi connectivity index (χ4n) is 2.56. The van der Waals surface area contributed by atoms with Crippen molar-refractivity contribution in [1.82, 2.24) is 9.88 Å². The molecule has 134 valence electrons. The largest absolute Gasteiger partial charge is 0.481 e. The smallest absolute Gasteiger partial charge is 0.407 e. The summed E-state index contributed by atoms with van der Waals surface area (Å²) in [6, 6.07) is 9.52.